The average molecular weight is 400 g/mol. The van der Waals surface area contributed by atoms with Gasteiger partial charge in [0.1, 0.15) is 16.5 Å². The van der Waals surface area contributed by atoms with Crippen molar-refractivity contribution in [2.45, 2.75) is 62.3 Å². The van der Waals surface area contributed by atoms with Crippen molar-refractivity contribution in [3.05, 3.63) is 46.6 Å². The van der Waals surface area contributed by atoms with Gasteiger partial charge in [0.05, 0.1) is 17.2 Å². The van der Waals surface area contributed by atoms with Gasteiger partial charge in [0, 0.05) is 15.8 Å². The predicted molar refractivity (Wildman–Crippen MR) is 115 cm³/mol. The van der Waals surface area contributed by atoms with Gasteiger partial charge in [-0.3, -0.25) is 0 Å². The van der Waals surface area contributed by atoms with Crippen LogP contribution in [-0.2, 0) is 5.75 Å². The summed E-state index contributed by atoms with van der Waals surface area (Å²) in [7, 11) is 0. The Kier molecular flexibility index (Phi) is 5.66. The maximum absolute atomic E-state index is 9.78. The number of hydrogen-bond acceptors (Lipinski definition) is 6. The Bertz CT molecular complexity index is 918. The summed E-state index contributed by atoms with van der Waals surface area (Å²) >= 11 is 3.52. The van der Waals surface area contributed by atoms with Crippen molar-refractivity contribution in [3.63, 3.8) is 0 Å². The molecule has 4 nitrogen and oxygen atoms in total. The van der Waals surface area contributed by atoms with Gasteiger partial charge in [0.2, 0.25) is 0 Å². The molecule has 27 heavy (non-hydrogen) atoms. The largest absolute Gasteiger partial charge is 0.393 e. The van der Waals surface area contributed by atoms with Gasteiger partial charge in [-0.05, 0) is 57.2 Å². The SMILES string of the molecule is Cc1sc2nc(CSc3ccccc3)nc(NC3CCC(O)CC3)c2c1C. The number of aliphatic hydroxyl groups is 1. The van der Waals surface area contributed by atoms with Gasteiger partial charge in [0.25, 0.3) is 0 Å². The zero-order valence-corrected chi connectivity index (χ0v) is 17.4. The number of thiophene rings is 1. The van der Waals surface area contributed by atoms with E-state index in [1.54, 1.807) is 23.1 Å². The minimum Gasteiger partial charge on any atom is -0.393 e. The lowest BCUT2D eigenvalue weighted by atomic mass is 9.93. The lowest BCUT2D eigenvalue weighted by Crippen LogP contribution is -2.28. The Labute approximate surface area is 168 Å². The second-order valence-corrected chi connectivity index (χ2v) is 9.46. The van der Waals surface area contributed by atoms with Crippen molar-refractivity contribution in [2.24, 2.45) is 0 Å². The number of anilines is 1. The predicted octanol–water partition coefficient (Wildman–Crippen LogP) is 5.32. The summed E-state index contributed by atoms with van der Waals surface area (Å²) in [5.74, 6) is 2.59. The van der Waals surface area contributed by atoms with Crippen molar-refractivity contribution in [3.8, 4) is 0 Å². The van der Waals surface area contributed by atoms with Crippen LogP contribution < -0.4 is 5.32 Å². The van der Waals surface area contributed by atoms with Gasteiger partial charge in [-0.2, -0.15) is 0 Å². The molecule has 1 saturated carbocycles. The van der Waals surface area contributed by atoms with Gasteiger partial charge >= 0.3 is 0 Å². The van der Waals surface area contributed by atoms with E-state index in [-0.39, 0.29) is 6.10 Å². The van der Waals surface area contributed by atoms with E-state index < -0.39 is 0 Å². The molecule has 1 aliphatic carbocycles. The van der Waals surface area contributed by atoms with Gasteiger partial charge in [0.15, 0.2) is 0 Å². The molecule has 6 heteroatoms. The molecular weight excluding hydrogens is 374 g/mol. The molecule has 142 valence electrons. The molecule has 1 fully saturated rings. The molecule has 1 aliphatic rings. The third kappa shape index (κ3) is 4.28. The number of aromatic nitrogens is 2. The van der Waals surface area contributed by atoms with E-state index in [2.05, 4.69) is 43.4 Å². The highest BCUT2D eigenvalue weighted by Gasteiger charge is 2.22. The van der Waals surface area contributed by atoms with Crippen molar-refractivity contribution in [1.29, 1.82) is 0 Å². The molecule has 2 aromatic heterocycles. The number of thioether (sulfide) groups is 1. The van der Waals surface area contributed by atoms with Crippen LogP contribution >= 0.6 is 23.1 Å². The third-order valence-corrected chi connectivity index (χ3v) is 7.33. The monoisotopic (exact) mass is 399 g/mol. The van der Waals surface area contributed by atoms with E-state index >= 15 is 0 Å². The van der Waals surface area contributed by atoms with Crippen LogP contribution in [0.15, 0.2) is 35.2 Å². The molecule has 0 amide bonds. The zero-order chi connectivity index (χ0) is 18.8. The highest BCUT2D eigenvalue weighted by molar-refractivity contribution is 7.98. The van der Waals surface area contributed by atoms with Crippen LogP contribution in [0.25, 0.3) is 10.2 Å². The van der Waals surface area contributed by atoms with Crippen molar-refractivity contribution >= 4 is 39.1 Å². The Morgan fingerprint density at radius 1 is 1.11 bits per heavy atom. The van der Waals surface area contributed by atoms with Crippen LogP contribution in [0.2, 0.25) is 0 Å². The molecule has 4 rings (SSSR count). The highest BCUT2D eigenvalue weighted by atomic mass is 32.2. The minimum absolute atomic E-state index is 0.142. The molecular formula is C21H25N3OS2. The number of aryl methyl sites for hydroxylation is 2. The third-order valence-electron chi connectivity index (χ3n) is 5.22. The molecule has 1 aromatic carbocycles. The smallest absolute Gasteiger partial charge is 0.142 e. The lowest BCUT2D eigenvalue weighted by Gasteiger charge is -2.27. The second kappa shape index (κ2) is 8.17. The first kappa shape index (κ1) is 18.7. The number of rotatable bonds is 5. The van der Waals surface area contributed by atoms with Crippen LogP contribution in [0.1, 0.15) is 41.9 Å². The molecule has 0 saturated heterocycles. The summed E-state index contributed by atoms with van der Waals surface area (Å²) < 4.78 is 0. The van der Waals surface area contributed by atoms with Crippen LogP contribution in [0.5, 0.6) is 0 Å². The number of fused-ring (bicyclic) bond motifs is 1. The lowest BCUT2D eigenvalue weighted by molar-refractivity contribution is 0.126. The van der Waals surface area contributed by atoms with Gasteiger partial charge < -0.3 is 10.4 Å². The molecule has 2 heterocycles. The number of benzene rings is 1. The summed E-state index contributed by atoms with van der Waals surface area (Å²) in [6, 6.07) is 10.8. The number of nitrogens with zero attached hydrogens (tertiary/aromatic N) is 2. The van der Waals surface area contributed by atoms with Gasteiger partial charge in [-0.15, -0.1) is 23.1 Å². The summed E-state index contributed by atoms with van der Waals surface area (Å²) in [5.41, 5.74) is 1.27. The minimum atomic E-state index is -0.142. The summed E-state index contributed by atoms with van der Waals surface area (Å²) in [5, 5.41) is 14.6. The van der Waals surface area contributed by atoms with E-state index in [9.17, 15) is 5.11 Å². The van der Waals surface area contributed by atoms with E-state index in [0.717, 1.165) is 53.3 Å². The highest BCUT2D eigenvalue weighted by Crippen LogP contribution is 2.35. The molecule has 0 spiro atoms. The Balaban J connectivity index is 1.61. The summed E-state index contributed by atoms with van der Waals surface area (Å²) in [4.78, 5) is 13.4. The van der Waals surface area contributed by atoms with Crippen LogP contribution in [0.4, 0.5) is 5.82 Å². The van der Waals surface area contributed by atoms with Crippen LogP contribution in [-0.4, -0.2) is 27.2 Å². The number of aliphatic hydroxyl groups excluding tert-OH is 1. The molecule has 0 radical (unpaired) electrons. The topological polar surface area (TPSA) is 58.0 Å². The maximum Gasteiger partial charge on any atom is 0.142 e. The first-order chi connectivity index (χ1) is 13.1. The quantitative estimate of drug-likeness (QED) is 0.569. The van der Waals surface area contributed by atoms with E-state index in [0.29, 0.717) is 6.04 Å². The molecule has 2 N–H and O–H groups in total. The average Bonchev–Trinajstić information content (AvgIpc) is 2.97. The van der Waals surface area contributed by atoms with Gasteiger partial charge in [-0.1, -0.05) is 18.2 Å². The Morgan fingerprint density at radius 2 is 1.85 bits per heavy atom. The first-order valence-electron chi connectivity index (χ1n) is 9.49. The zero-order valence-electron chi connectivity index (χ0n) is 15.7. The number of nitrogens with one attached hydrogen (secondary N) is 1. The fraction of sp³-hybridized carbons (Fsp3) is 0.429. The Hall–Kier alpha value is -1.63. The summed E-state index contributed by atoms with van der Waals surface area (Å²) in [6.45, 7) is 4.31. The van der Waals surface area contributed by atoms with Gasteiger partial charge in [-0.25, -0.2) is 9.97 Å². The van der Waals surface area contributed by atoms with Crippen molar-refractivity contribution in [1.82, 2.24) is 9.97 Å². The Morgan fingerprint density at radius 3 is 2.59 bits per heavy atom. The van der Waals surface area contributed by atoms with E-state index in [1.165, 1.54) is 15.3 Å². The summed E-state index contributed by atoms with van der Waals surface area (Å²) in [6.07, 6.45) is 3.57. The first-order valence-corrected chi connectivity index (χ1v) is 11.3. The fourth-order valence-corrected chi connectivity index (χ4v) is 5.36. The molecule has 0 bridgehead atoms. The van der Waals surface area contributed by atoms with Crippen LogP contribution in [0.3, 0.4) is 0 Å². The fourth-order valence-electron chi connectivity index (χ4n) is 3.54. The molecule has 0 unspecified atom stereocenters. The normalized spacial score (nSPS) is 20.1. The van der Waals surface area contributed by atoms with E-state index in [1.807, 2.05) is 6.07 Å². The molecule has 0 aliphatic heterocycles. The molecule has 0 atom stereocenters. The standard InChI is InChI=1S/C21H25N3OS2/c1-13-14(2)27-21-19(13)20(22-15-8-10-16(25)11-9-15)23-18(24-21)12-26-17-6-4-3-5-7-17/h3-7,15-16,25H,8-12H2,1-2H3,(H,22,23,24). The second-order valence-electron chi connectivity index (χ2n) is 7.20. The number of hydrogen-bond donors (Lipinski definition) is 2. The van der Waals surface area contributed by atoms with Crippen molar-refractivity contribution in [2.75, 3.05) is 5.32 Å². The maximum atomic E-state index is 9.78. The van der Waals surface area contributed by atoms with Crippen LogP contribution in [0, 0.1) is 13.8 Å². The molecule has 3 aromatic rings. The van der Waals surface area contributed by atoms with E-state index in [4.69, 9.17) is 9.97 Å². The van der Waals surface area contributed by atoms with Crippen molar-refractivity contribution < 1.29 is 5.11 Å².